The van der Waals surface area contributed by atoms with Crippen LogP contribution in [0, 0.1) is 0 Å². The van der Waals surface area contributed by atoms with Crippen LogP contribution in [0.4, 0.5) is 0 Å². The average Bonchev–Trinajstić information content (AvgIpc) is 3.49. The van der Waals surface area contributed by atoms with Crippen LogP contribution in [0.1, 0.15) is 59.3 Å². The Morgan fingerprint density at radius 1 is 1.13 bits per heavy atom. The Labute approximate surface area is 179 Å². The van der Waals surface area contributed by atoms with Crippen LogP contribution in [-0.4, -0.2) is 27.7 Å². The van der Waals surface area contributed by atoms with Crippen molar-refractivity contribution in [3.8, 4) is 0 Å². The molecule has 0 bridgehead atoms. The molecule has 3 aromatic heterocycles. The minimum Gasteiger partial charge on any atom is -0.467 e. The second kappa shape index (κ2) is 9.71. The quantitative estimate of drug-likeness (QED) is 0.604. The van der Waals surface area contributed by atoms with Gasteiger partial charge < -0.3 is 14.6 Å². The molecular formula is C23H25N3O3S. The van der Waals surface area contributed by atoms with Crippen molar-refractivity contribution in [2.24, 2.45) is 0 Å². The normalized spacial score (nSPS) is 15.5. The van der Waals surface area contributed by atoms with Gasteiger partial charge in [-0.15, -0.1) is 11.3 Å². The third-order valence-electron chi connectivity index (χ3n) is 5.38. The van der Waals surface area contributed by atoms with Gasteiger partial charge >= 0.3 is 0 Å². The third-order valence-corrected chi connectivity index (χ3v) is 6.30. The summed E-state index contributed by atoms with van der Waals surface area (Å²) >= 11 is 1.47. The predicted molar refractivity (Wildman–Crippen MR) is 115 cm³/mol. The van der Waals surface area contributed by atoms with Gasteiger partial charge in [0.25, 0.3) is 5.91 Å². The number of hydrogen-bond donors (Lipinski definition) is 1. The largest absolute Gasteiger partial charge is 0.467 e. The number of carbonyl (C=O) groups excluding carboxylic acids is 2. The first-order chi connectivity index (χ1) is 14.7. The summed E-state index contributed by atoms with van der Waals surface area (Å²) in [6.07, 6.45) is 8.57. The predicted octanol–water partition coefficient (Wildman–Crippen LogP) is 4.57. The summed E-state index contributed by atoms with van der Waals surface area (Å²) in [7, 11) is 0. The van der Waals surface area contributed by atoms with E-state index in [2.05, 4.69) is 10.3 Å². The second-order valence-electron chi connectivity index (χ2n) is 7.49. The second-order valence-corrected chi connectivity index (χ2v) is 8.47. The van der Waals surface area contributed by atoms with Gasteiger partial charge in [0, 0.05) is 17.1 Å². The monoisotopic (exact) mass is 423 g/mol. The zero-order valence-electron chi connectivity index (χ0n) is 16.7. The van der Waals surface area contributed by atoms with Gasteiger partial charge in [-0.2, -0.15) is 0 Å². The number of nitrogens with one attached hydrogen (secondary N) is 1. The van der Waals surface area contributed by atoms with E-state index in [9.17, 15) is 9.59 Å². The fraction of sp³-hybridized carbons (Fsp3) is 0.348. The molecule has 2 amide bonds. The fourth-order valence-corrected chi connectivity index (χ4v) is 4.72. The first-order valence-electron chi connectivity index (χ1n) is 10.3. The Hall–Kier alpha value is -2.93. The number of hydrogen-bond acceptors (Lipinski definition) is 5. The molecule has 0 aromatic carbocycles. The van der Waals surface area contributed by atoms with Gasteiger partial charge in [0.15, 0.2) is 0 Å². The summed E-state index contributed by atoms with van der Waals surface area (Å²) in [5, 5.41) is 5.12. The molecule has 156 valence electrons. The maximum atomic E-state index is 13.5. The minimum absolute atomic E-state index is 0.153. The zero-order valence-corrected chi connectivity index (χ0v) is 17.5. The van der Waals surface area contributed by atoms with E-state index >= 15 is 0 Å². The molecule has 6 nitrogen and oxygen atoms in total. The van der Waals surface area contributed by atoms with Crippen LogP contribution < -0.4 is 5.32 Å². The van der Waals surface area contributed by atoms with Gasteiger partial charge in [-0.25, -0.2) is 0 Å². The Balaban J connectivity index is 1.67. The van der Waals surface area contributed by atoms with Crippen LogP contribution in [0.5, 0.6) is 0 Å². The van der Waals surface area contributed by atoms with Crippen molar-refractivity contribution in [2.45, 2.75) is 50.7 Å². The number of amides is 2. The molecule has 0 aliphatic heterocycles. The van der Waals surface area contributed by atoms with Gasteiger partial charge in [-0.3, -0.25) is 14.6 Å². The molecule has 7 heteroatoms. The van der Waals surface area contributed by atoms with Crippen molar-refractivity contribution in [1.29, 1.82) is 0 Å². The lowest BCUT2D eigenvalue weighted by Gasteiger charge is -2.32. The maximum absolute atomic E-state index is 13.5. The standard InChI is InChI=1S/C23H25N3O3S/c27-22(25-17-8-2-1-3-9-17)21(20-12-7-15-30-20)26(16-18-10-6-14-29-18)23(28)19-11-4-5-13-24-19/h4-7,10-15,17,21H,1-3,8-9,16H2,(H,25,27). The summed E-state index contributed by atoms with van der Waals surface area (Å²) in [5.41, 5.74) is 0.302. The van der Waals surface area contributed by atoms with Crippen LogP contribution in [-0.2, 0) is 11.3 Å². The van der Waals surface area contributed by atoms with Gasteiger partial charge in [0.1, 0.15) is 17.5 Å². The Morgan fingerprint density at radius 3 is 2.67 bits per heavy atom. The van der Waals surface area contributed by atoms with Crippen molar-refractivity contribution in [3.63, 3.8) is 0 Å². The van der Waals surface area contributed by atoms with Gasteiger partial charge in [-0.1, -0.05) is 31.4 Å². The first kappa shape index (κ1) is 20.3. The Morgan fingerprint density at radius 2 is 2.00 bits per heavy atom. The molecule has 1 atom stereocenters. The van der Waals surface area contributed by atoms with Crippen LogP contribution in [0.2, 0.25) is 0 Å². The lowest BCUT2D eigenvalue weighted by Crippen LogP contribution is -2.46. The number of rotatable bonds is 7. The minimum atomic E-state index is -0.744. The highest BCUT2D eigenvalue weighted by Gasteiger charge is 2.35. The summed E-state index contributed by atoms with van der Waals surface area (Å²) < 4.78 is 5.50. The summed E-state index contributed by atoms with van der Waals surface area (Å²) in [6.45, 7) is 0.184. The zero-order chi connectivity index (χ0) is 20.8. The number of nitrogens with zero attached hydrogens (tertiary/aromatic N) is 2. The lowest BCUT2D eigenvalue weighted by molar-refractivity contribution is -0.127. The lowest BCUT2D eigenvalue weighted by atomic mass is 9.95. The van der Waals surface area contributed by atoms with Crippen molar-refractivity contribution >= 4 is 23.2 Å². The maximum Gasteiger partial charge on any atom is 0.273 e. The van der Waals surface area contributed by atoms with E-state index in [0.717, 1.165) is 30.6 Å². The van der Waals surface area contributed by atoms with Crippen LogP contribution in [0.25, 0.3) is 0 Å². The van der Waals surface area contributed by atoms with Gasteiger partial charge in [0.05, 0.1) is 12.8 Å². The van der Waals surface area contributed by atoms with E-state index in [1.165, 1.54) is 17.8 Å². The molecule has 1 aliphatic carbocycles. The summed E-state index contributed by atoms with van der Waals surface area (Å²) in [5.74, 6) is 0.163. The SMILES string of the molecule is O=C(NC1CCCCC1)C(c1cccs1)N(Cc1ccco1)C(=O)c1ccccn1. The molecule has 3 aromatic rings. The molecule has 0 radical (unpaired) electrons. The fourth-order valence-electron chi connectivity index (χ4n) is 3.89. The van der Waals surface area contributed by atoms with E-state index in [-0.39, 0.29) is 24.4 Å². The highest BCUT2D eigenvalue weighted by Crippen LogP contribution is 2.29. The van der Waals surface area contributed by atoms with E-state index in [0.29, 0.717) is 11.5 Å². The van der Waals surface area contributed by atoms with Gasteiger partial charge in [0.2, 0.25) is 5.91 Å². The topological polar surface area (TPSA) is 75.4 Å². The Kier molecular flexibility index (Phi) is 6.59. The number of furan rings is 1. The average molecular weight is 424 g/mol. The number of carbonyl (C=O) groups is 2. The van der Waals surface area contributed by atoms with Crippen molar-refractivity contribution < 1.29 is 14.0 Å². The number of thiophene rings is 1. The van der Waals surface area contributed by atoms with E-state index in [1.807, 2.05) is 23.6 Å². The van der Waals surface area contributed by atoms with E-state index < -0.39 is 6.04 Å². The first-order valence-corrected chi connectivity index (χ1v) is 11.2. The molecule has 1 aliphatic rings. The summed E-state index contributed by atoms with van der Waals surface area (Å²) in [4.78, 5) is 33.5. The molecule has 30 heavy (non-hydrogen) atoms. The van der Waals surface area contributed by atoms with Crippen LogP contribution in [0.15, 0.2) is 64.7 Å². The molecular weight excluding hydrogens is 398 g/mol. The van der Waals surface area contributed by atoms with Gasteiger partial charge in [-0.05, 0) is 48.6 Å². The molecule has 4 rings (SSSR count). The Bertz CT molecular complexity index is 936. The smallest absolute Gasteiger partial charge is 0.273 e. The molecule has 1 unspecified atom stereocenters. The molecule has 0 spiro atoms. The highest BCUT2D eigenvalue weighted by atomic mass is 32.1. The summed E-state index contributed by atoms with van der Waals surface area (Å²) in [6, 6.07) is 12.0. The molecule has 1 fully saturated rings. The van der Waals surface area contributed by atoms with E-state index in [4.69, 9.17) is 4.42 Å². The van der Waals surface area contributed by atoms with Crippen LogP contribution >= 0.6 is 11.3 Å². The number of pyridine rings is 1. The highest BCUT2D eigenvalue weighted by molar-refractivity contribution is 7.10. The molecule has 1 N–H and O–H groups in total. The molecule has 1 saturated carbocycles. The van der Waals surface area contributed by atoms with Crippen LogP contribution in [0.3, 0.4) is 0 Å². The van der Waals surface area contributed by atoms with Crippen molar-refractivity contribution in [2.75, 3.05) is 0 Å². The van der Waals surface area contributed by atoms with Crippen molar-refractivity contribution in [3.05, 3.63) is 76.6 Å². The number of aromatic nitrogens is 1. The third kappa shape index (κ3) is 4.79. The molecule has 3 heterocycles. The van der Waals surface area contributed by atoms with E-state index in [1.54, 1.807) is 41.6 Å². The molecule has 0 saturated heterocycles. The van der Waals surface area contributed by atoms with Crippen molar-refractivity contribution in [1.82, 2.24) is 15.2 Å².